The van der Waals surface area contributed by atoms with Crippen LogP contribution in [0.2, 0.25) is 0 Å². The minimum absolute atomic E-state index is 0.121. The average molecular weight is 270 g/mol. The molecule has 0 aliphatic heterocycles. The summed E-state index contributed by atoms with van der Waals surface area (Å²) in [5.74, 6) is -4.88. The monoisotopic (exact) mass is 270 g/mol. The molecule has 2 N–H and O–H groups in total. The predicted octanol–water partition coefficient (Wildman–Crippen LogP) is 0.706. The molecule has 106 valence electrons. The quantitative estimate of drug-likeness (QED) is 0.745. The van der Waals surface area contributed by atoms with Crippen molar-refractivity contribution in [2.75, 3.05) is 20.1 Å². The summed E-state index contributed by atoms with van der Waals surface area (Å²) >= 11 is 0. The molecule has 0 aromatic carbocycles. The van der Waals surface area contributed by atoms with Gasteiger partial charge in [0.15, 0.2) is 5.92 Å². The maximum Gasteiger partial charge on any atom is 0.403 e. The van der Waals surface area contributed by atoms with Crippen molar-refractivity contribution in [3.8, 4) is 0 Å². The highest BCUT2D eigenvalue weighted by Crippen LogP contribution is 2.26. The fourth-order valence-corrected chi connectivity index (χ4v) is 1.31. The molecule has 0 spiro atoms. The number of likely N-dealkylation sites (N-methyl/N-ethyl adjacent to an activating group) is 1. The Morgan fingerprint density at radius 2 is 1.83 bits per heavy atom. The Hall–Kier alpha value is -1.31. The molecule has 1 unspecified atom stereocenters. The van der Waals surface area contributed by atoms with Crippen LogP contribution < -0.4 is 5.32 Å². The minimum atomic E-state index is -4.82. The van der Waals surface area contributed by atoms with Gasteiger partial charge in [-0.1, -0.05) is 0 Å². The van der Waals surface area contributed by atoms with Gasteiger partial charge in [-0.25, -0.2) is 0 Å². The summed E-state index contributed by atoms with van der Waals surface area (Å²) < 4.78 is 37.1. The van der Waals surface area contributed by atoms with Crippen LogP contribution in [-0.2, 0) is 9.59 Å². The van der Waals surface area contributed by atoms with Crippen LogP contribution >= 0.6 is 0 Å². The molecule has 8 heteroatoms. The van der Waals surface area contributed by atoms with Gasteiger partial charge in [-0.2, -0.15) is 13.2 Å². The van der Waals surface area contributed by atoms with E-state index in [2.05, 4.69) is 5.32 Å². The third-order valence-corrected chi connectivity index (χ3v) is 2.05. The van der Waals surface area contributed by atoms with Gasteiger partial charge >= 0.3 is 12.1 Å². The van der Waals surface area contributed by atoms with Gasteiger partial charge in [0.2, 0.25) is 5.91 Å². The third-order valence-electron chi connectivity index (χ3n) is 2.05. The lowest BCUT2D eigenvalue weighted by molar-refractivity contribution is -0.196. The van der Waals surface area contributed by atoms with Crippen molar-refractivity contribution in [2.45, 2.75) is 26.1 Å². The summed E-state index contributed by atoms with van der Waals surface area (Å²) in [6.45, 7) is 2.39. The molecule has 18 heavy (non-hydrogen) atoms. The van der Waals surface area contributed by atoms with Gasteiger partial charge in [-0.15, -0.1) is 0 Å². The molecule has 0 radical (unpaired) electrons. The summed E-state index contributed by atoms with van der Waals surface area (Å²) in [6.07, 6.45) is -4.82. The third kappa shape index (κ3) is 6.43. The second kappa shape index (κ2) is 6.58. The Balaban J connectivity index is 4.40. The van der Waals surface area contributed by atoms with Gasteiger partial charge in [0.1, 0.15) is 0 Å². The molecule has 0 aromatic heterocycles. The predicted molar refractivity (Wildman–Crippen MR) is 58.0 cm³/mol. The average Bonchev–Trinajstić information content (AvgIpc) is 2.09. The van der Waals surface area contributed by atoms with Crippen LogP contribution in [0.4, 0.5) is 13.2 Å². The second-order valence-electron chi connectivity index (χ2n) is 4.35. The standard InChI is InChI=1S/C10H17F3N2O3/c1-6(2)14-8(16)5-15(3)4-7(9(17)18)10(11,12)13/h6-7H,4-5H2,1-3H3,(H,14,16)(H,17,18). The van der Waals surface area contributed by atoms with Crippen LogP contribution in [-0.4, -0.2) is 54.2 Å². The van der Waals surface area contributed by atoms with Crippen LogP contribution in [0, 0.1) is 5.92 Å². The molecule has 5 nitrogen and oxygen atoms in total. The highest BCUT2D eigenvalue weighted by molar-refractivity contribution is 5.78. The number of aliphatic carboxylic acids is 1. The number of halogens is 3. The van der Waals surface area contributed by atoms with Crippen molar-refractivity contribution in [1.29, 1.82) is 0 Å². The van der Waals surface area contributed by atoms with Crippen molar-refractivity contribution in [3.63, 3.8) is 0 Å². The van der Waals surface area contributed by atoms with Crippen molar-refractivity contribution in [3.05, 3.63) is 0 Å². The van der Waals surface area contributed by atoms with E-state index in [0.717, 1.165) is 4.90 Å². The lowest BCUT2D eigenvalue weighted by Crippen LogP contribution is -2.44. The normalized spacial score (nSPS) is 13.8. The van der Waals surface area contributed by atoms with Gasteiger partial charge in [-0.3, -0.25) is 14.5 Å². The molecule has 0 aliphatic carbocycles. The summed E-state index contributed by atoms with van der Waals surface area (Å²) in [6, 6.07) is -0.121. The first-order valence-electron chi connectivity index (χ1n) is 5.31. The van der Waals surface area contributed by atoms with Crippen molar-refractivity contribution in [1.82, 2.24) is 10.2 Å². The van der Waals surface area contributed by atoms with Crippen LogP contribution in [0.1, 0.15) is 13.8 Å². The zero-order valence-corrected chi connectivity index (χ0v) is 10.4. The lowest BCUT2D eigenvalue weighted by atomic mass is 10.1. The number of nitrogens with one attached hydrogen (secondary N) is 1. The van der Waals surface area contributed by atoms with Crippen molar-refractivity contribution >= 4 is 11.9 Å². The van der Waals surface area contributed by atoms with E-state index in [1.807, 2.05) is 0 Å². The van der Waals surface area contributed by atoms with Gasteiger partial charge < -0.3 is 10.4 Å². The Labute approximate surface area is 103 Å². The Morgan fingerprint density at radius 3 is 2.17 bits per heavy atom. The molecule has 0 aliphatic rings. The van der Waals surface area contributed by atoms with Crippen LogP contribution in [0.5, 0.6) is 0 Å². The minimum Gasteiger partial charge on any atom is -0.481 e. The van der Waals surface area contributed by atoms with E-state index in [1.54, 1.807) is 13.8 Å². The van der Waals surface area contributed by atoms with Crippen LogP contribution in [0.15, 0.2) is 0 Å². The van der Waals surface area contributed by atoms with E-state index in [4.69, 9.17) is 5.11 Å². The number of hydrogen-bond donors (Lipinski definition) is 2. The fraction of sp³-hybridized carbons (Fsp3) is 0.800. The maximum absolute atomic E-state index is 12.4. The number of alkyl halides is 3. The van der Waals surface area contributed by atoms with E-state index >= 15 is 0 Å². The first-order chi connectivity index (χ1) is 8.04. The number of carbonyl (C=O) groups excluding carboxylic acids is 1. The van der Waals surface area contributed by atoms with E-state index < -0.39 is 30.5 Å². The SMILES string of the molecule is CC(C)NC(=O)CN(C)CC(C(=O)O)C(F)(F)F. The Bertz CT molecular complexity index is 305. The van der Waals surface area contributed by atoms with E-state index in [9.17, 15) is 22.8 Å². The number of carboxylic acids is 1. The van der Waals surface area contributed by atoms with E-state index in [1.165, 1.54) is 7.05 Å². The Kier molecular flexibility index (Phi) is 6.10. The maximum atomic E-state index is 12.4. The van der Waals surface area contributed by atoms with Gasteiger partial charge in [0, 0.05) is 12.6 Å². The lowest BCUT2D eigenvalue weighted by Gasteiger charge is -2.23. The highest BCUT2D eigenvalue weighted by Gasteiger charge is 2.45. The smallest absolute Gasteiger partial charge is 0.403 e. The summed E-state index contributed by atoms with van der Waals surface area (Å²) in [5, 5.41) is 11.0. The molecule has 0 saturated carbocycles. The molecule has 1 atom stereocenters. The van der Waals surface area contributed by atoms with Crippen LogP contribution in [0.25, 0.3) is 0 Å². The second-order valence-corrected chi connectivity index (χ2v) is 4.35. The molecular weight excluding hydrogens is 253 g/mol. The molecule has 0 bridgehead atoms. The molecular formula is C10H17F3N2O3. The first-order valence-corrected chi connectivity index (χ1v) is 5.31. The summed E-state index contributed by atoms with van der Waals surface area (Å²) in [5.41, 5.74) is 0. The van der Waals surface area contributed by atoms with Crippen molar-refractivity contribution in [2.24, 2.45) is 5.92 Å². The van der Waals surface area contributed by atoms with Crippen LogP contribution in [0.3, 0.4) is 0 Å². The Morgan fingerprint density at radius 1 is 1.33 bits per heavy atom. The summed E-state index contributed by atoms with van der Waals surface area (Å²) in [4.78, 5) is 22.8. The van der Waals surface area contributed by atoms with E-state index in [0.29, 0.717) is 0 Å². The topological polar surface area (TPSA) is 69.6 Å². The number of carboxylic acid groups (broad SMARTS) is 1. The first kappa shape index (κ1) is 16.7. The van der Waals surface area contributed by atoms with Gasteiger partial charge in [-0.05, 0) is 20.9 Å². The largest absolute Gasteiger partial charge is 0.481 e. The molecule has 1 amide bonds. The number of amides is 1. The van der Waals surface area contributed by atoms with Crippen molar-refractivity contribution < 1.29 is 27.9 Å². The zero-order chi connectivity index (χ0) is 14.5. The molecule has 0 saturated heterocycles. The molecule has 0 aromatic rings. The highest BCUT2D eigenvalue weighted by atomic mass is 19.4. The van der Waals surface area contributed by atoms with E-state index in [-0.39, 0.29) is 12.6 Å². The number of rotatable bonds is 6. The van der Waals surface area contributed by atoms with Gasteiger partial charge in [0.25, 0.3) is 0 Å². The molecule has 0 rings (SSSR count). The fourth-order valence-electron chi connectivity index (χ4n) is 1.31. The zero-order valence-electron chi connectivity index (χ0n) is 10.4. The molecule has 0 heterocycles. The number of nitrogens with zero attached hydrogens (tertiary/aromatic N) is 1. The van der Waals surface area contributed by atoms with Gasteiger partial charge in [0.05, 0.1) is 6.54 Å². The summed E-state index contributed by atoms with van der Waals surface area (Å²) in [7, 11) is 1.27. The number of carbonyl (C=O) groups is 2. The number of hydrogen-bond acceptors (Lipinski definition) is 3. The molecule has 0 fully saturated rings.